The Balaban J connectivity index is 1.87. The normalized spacial score (nSPS) is 12.9. The smallest absolute Gasteiger partial charge is 0.0794 e. The molecule has 0 fully saturated rings. The van der Waals surface area contributed by atoms with Gasteiger partial charge in [0.2, 0.25) is 0 Å². The number of thiazole rings is 1. The molecule has 0 spiro atoms. The van der Waals surface area contributed by atoms with Gasteiger partial charge in [-0.3, -0.25) is 4.98 Å². The fraction of sp³-hybridized carbons (Fsp3) is 0.417. The van der Waals surface area contributed by atoms with Gasteiger partial charge < -0.3 is 5.32 Å². The Bertz CT molecular complexity index is 420. The van der Waals surface area contributed by atoms with Crippen LogP contribution in [-0.2, 0) is 13.0 Å². The van der Waals surface area contributed by atoms with Crippen molar-refractivity contribution in [3.05, 3.63) is 38.5 Å². The molecule has 0 bridgehead atoms. The summed E-state index contributed by atoms with van der Waals surface area (Å²) in [5, 5.41) is 3.52. The van der Waals surface area contributed by atoms with Crippen molar-refractivity contribution in [2.24, 2.45) is 0 Å². The third-order valence-electron chi connectivity index (χ3n) is 2.53. The summed E-state index contributed by atoms with van der Waals surface area (Å²) in [7, 11) is 0. The average Bonchev–Trinajstić information content (AvgIpc) is 2.96. The summed E-state index contributed by atoms with van der Waals surface area (Å²) in [6.07, 6.45) is 3.07. The molecule has 1 atom stereocenters. The van der Waals surface area contributed by atoms with Crippen molar-refractivity contribution in [2.75, 3.05) is 0 Å². The molecule has 16 heavy (non-hydrogen) atoms. The zero-order valence-electron chi connectivity index (χ0n) is 9.56. The zero-order chi connectivity index (χ0) is 11.4. The standard InChI is InChI=1S/C12H16N2S2/c1-3-10-4-5-11(16-10)6-14-9(2)12-7-13-8-15-12/h4-5,7-9,14H,3,6H2,1-2H3. The Morgan fingerprint density at radius 2 is 2.19 bits per heavy atom. The van der Waals surface area contributed by atoms with E-state index in [0.717, 1.165) is 13.0 Å². The minimum Gasteiger partial charge on any atom is -0.304 e. The Morgan fingerprint density at radius 1 is 1.38 bits per heavy atom. The second-order valence-electron chi connectivity index (χ2n) is 3.73. The maximum Gasteiger partial charge on any atom is 0.0794 e. The molecule has 0 aromatic carbocycles. The molecule has 1 unspecified atom stereocenters. The molecule has 0 radical (unpaired) electrons. The molecule has 2 nitrogen and oxygen atoms in total. The van der Waals surface area contributed by atoms with Gasteiger partial charge in [0.05, 0.1) is 5.51 Å². The van der Waals surface area contributed by atoms with Crippen molar-refractivity contribution in [2.45, 2.75) is 32.9 Å². The van der Waals surface area contributed by atoms with Crippen LogP contribution < -0.4 is 5.32 Å². The van der Waals surface area contributed by atoms with Crippen molar-refractivity contribution >= 4 is 22.7 Å². The fourth-order valence-electron chi connectivity index (χ4n) is 1.50. The Kier molecular flexibility index (Phi) is 4.09. The molecule has 1 N–H and O–H groups in total. The van der Waals surface area contributed by atoms with Crippen molar-refractivity contribution < 1.29 is 0 Å². The summed E-state index contributed by atoms with van der Waals surface area (Å²) >= 11 is 3.60. The number of nitrogens with one attached hydrogen (secondary N) is 1. The molecule has 2 rings (SSSR count). The summed E-state index contributed by atoms with van der Waals surface area (Å²) in [6.45, 7) is 5.33. The molecule has 0 saturated carbocycles. The fourth-order valence-corrected chi connectivity index (χ4v) is 3.06. The molecule has 0 aliphatic heterocycles. The van der Waals surface area contributed by atoms with Gasteiger partial charge in [0.25, 0.3) is 0 Å². The van der Waals surface area contributed by atoms with Gasteiger partial charge in [-0.1, -0.05) is 6.92 Å². The maximum absolute atomic E-state index is 4.10. The average molecular weight is 252 g/mol. The van der Waals surface area contributed by atoms with E-state index < -0.39 is 0 Å². The van der Waals surface area contributed by atoms with E-state index >= 15 is 0 Å². The number of aromatic nitrogens is 1. The predicted octanol–water partition coefficient (Wildman–Crippen LogP) is 3.62. The van der Waals surface area contributed by atoms with Crippen LogP contribution in [0.15, 0.2) is 23.8 Å². The van der Waals surface area contributed by atoms with Crippen LogP contribution in [0.3, 0.4) is 0 Å². The third kappa shape index (κ3) is 2.90. The first-order valence-electron chi connectivity index (χ1n) is 5.49. The van der Waals surface area contributed by atoms with Crippen molar-refractivity contribution in [3.8, 4) is 0 Å². The first-order valence-corrected chi connectivity index (χ1v) is 7.18. The number of hydrogen-bond acceptors (Lipinski definition) is 4. The monoisotopic (exact) mass is 252 g/mol. The summed E-state index contributed by atoms with van der Waals surface area (Å²) in [4.78, 5) is 8.27. The van der Waals surface area contributed by atoms with E-state index in [4.69, 9.17) is 0 Å². The molecule has 0 saturated heterocycles. The molecule has 2 aromatic heterocycles. The highest BCUT2D eigenvalue weighted by Gasteiger charge is 2.06. The van der Waals surface area contributed by atoms with Crippen LogP contribution in [0.25, 0.3) is 0 Å². The lowest BCUT2D eigenvalue weighted by molar-refractivity contribution is 0.586. The highest BCUT2D eigenvalue weighted by atomic mass is 32.1. The quantitative estimate of drug-likeness (QED) is 0.879. The van der Waals surface area contributed by atoms with Crippen LogP contribution in [0.4, 0.5) is 0 Å². The lowest BCUT2D eigenvalue weighted by Gasteiger charge is -2.10. The summed E-state index contributed by atoms with van der Waals surface area (Å²) in [6, 6.07) is 4.83. The lowest BCUT2D eigenvalue weighted by Crippen LogP contribution is -2.16. The van der Waals surface area contributed by atoms with E-state index in [1.165, 1.54) is 14.6 Å². The van der Waals surface area contributed by atoms with Crippen LogP contribution >= 0.6 is 22.7 Å². The van der Waals surface area contributed by atoms with E-state index in [9.17, 15) is 0 Å². The number of hydrogen-bond donors (Lipinski definition) is 1. The van der Waals surface area contributed by atoms with Crippen LogP contribution in [0, 0.1) is 0 Å². The van der Waals surface area contributed by atoms with Crippen molar-refractivity contribution in [1.29, 1.82) is 0 Å². The molecule has 0 aliphatic carbocycles. The Morgan fingerprint density at radius 3 is 2.81 bits per heavy atom. The van der Waals surface area contributed by atoms with Crippen molar-refractivity contribution in [1.82, 2.24) is 10.3 Å². The Labute approximate surface area is 104 Å². The molecular formula is C12H16N2S2. The molecule has 0 amide bonds. The maximum atomic E-state index is 4.10. The molecule has 2 heterocycles. The minimum atomic E-state index is 0.389. The van der Waals surface area contributed by atoms with E-state index in [1.54, 1.807) is 11.3 Å². The van der Waals surface area contributed by atoms with Gasteiger partial charge in [0.15, 0.2) is 0 Å². The van der Waals surface area contributed by atoms with E-state index in [1.807, 2.05) is 23.0 Å². The third-order valence-corrected chi connectivity index (χ3v) is 4.71. The van der Waals surface area contributed by atoms with Crippen LogP contribution in [0.5, 0.6) is 0 Å². The van der Waals surface area contributed by atoms with Gasteiger partial charge in [-0.2, -0.15) is 0 Å². The number of thiophene rings is 1. The topological polar surface area (TPSA) is 24.9 Å². The van der Waals surface area contributed by atoms with Crippen molar-refractivity contribution in [3.63, 3.8) is 0 Å². The Hall–Kier alpha value is -0.710. The number of rotatable bonds is 5. The molecule has 0 aliphatic rings. The van der Waals surface area contributed by atoms with E-state index in [0.29, 0.717) is 6.04 Å². The first kappa shape index (κ1) is 11.8. The molecular weight excluding hydrogens is 236 g/mol. The van der Waals surface area contributed by atoms with Crippen LogP contribution in [0.2, 0.25) is 0 Å². The number of nitrogens with zero attached hydrogens (tertiary/aromatic N) is 1. The largest absolute Gasteiger partial charge is 0.304 e. The first-order chi connectivity index (χ1) is 7.79. The summed E-state index contributed by atoms with van der Waals surface area (Å²) in [5.74, 6) is 0. The second kappa shape index (κ2) is 5.57. The van der Waals surface area contributed by atoms with Gasteiger partial charge in [-0.25, -0.2) is 0 Å². The number of aryl methyl sites for hydroxylation is 1. The van der Waals surface area contributed by atoms with Gasteiger partial charge >= 0.3 is 0 Å². The van der Waals surface area contributed by atoms with Gasteiger partial charge in [-0.05, 0) is 25.5 Å². The highest BCUT2D eigenvalue weighted by Crippen LogP contribution is 2.20. The minimum absolute atomic E-state index is 0.389. The second-order valence-corrected chi connectivity index (χ2v) is 5.90. The lowest BCUT2D eigenvalue weighted by atomic mass is 10.3. The van der Waals surface area contributed by atoms with E-state index in [-0.39, 0.29) is 0 Å². The van der Waals surface area contributed by atoms with Crippen LogP contribution in [0.1, 0.15) is 34.5 Å². The van der Waals surface area contributed by atoms with Gasteiger partial charge in [0, 0.05) is 33.4 Å². The molecule has 2 aromatic rings. The predicted molar refractivity (Wildman–Crippen MR) is 71.1 cm³/mol. The summed E-state index contributed by atoms with van der Waals surface area (Å²) in [5.41, 5.74) is 1.88. The van der Waals surface area contributed by atoms with E-state index in [2.05, 4.69) is 36.3 Å². The zero-order valence-corrected chi connectivity index (χ0v) is 11.2. The SMILES string of the molecule is CCc1ccc(CNC(C)c2cncs2)s1. The van der Waals surface area contributed by atoms with Crippen LogP contribution in [-0.4, -0.2) is 4.98 Å². The summed E-state index contributed by atoms with van der Waals surface area (Å²) < 4.78 is 0. The van der Waals surface area contributed by atoms with Gasteiger partial charge in [0.1, 0.15) is 0 Å². The molecule has 86 valence electrons. The van der Waals surface area contributed by atoms with Gasteiger partial charge in [-0.15, -0.1) is 22.7 Å². The molecule has 4 heteroatoms. The highest BCUT2D eigenvalue weighted by molar-refractivity contribution is 7.12.